The van der Waals surface area contributed by atoms with Crippen LogP contribution in [0.1, 0.15) is 31.1 Å². The number of aromatic nitrogens is 1. The molecule has 1 aromatic heterocycles. The Morgan fingerprint density at radius 3 is 2.80 bits per heavy atom. The van der Waals surface area contributed by atoms with Crippen LogP contribution in [0.5, 0.6) is 0 Å². The highest BCUT2D eigenvalue weighted by Crippen LogP contribution is 2.17. The lowest BCUT2D eigenvalue weighted by Gasteiger charge is -2.15. The van der Waals surface area contributed by atoms with Gasteiger partial charge in [-0.1, -0.05) is 18.2 Å². The molecule has 2 aromatic rings. The first-order valence-corrected chi connectivity index (χ1v) is 6.66. The standard InChI is InChI=1S/C16H19N3O/c1-12(18-11-16-7-3-4-9-17-16)14-6-5-8-15(10-14)19-13(2)20/h3-10,12,18H,11H2,1-2H3,(H,19,20)/t12-/m0/s1. The molecule has 0 radical (unpaired) electrons. The predicted octanol–water partition coefficient (Wildman–Crippen LogP) is 2.89. The van der Waals surface area contributed by atoms with E-state index in [2.05, 4.69) is 22.5 Å². The van der Waals surface area contributed by atoms with E-state index in [-0.39, 0.29) is 11.9 Å². The summed E-state index contributed by atoms with van der Waals surface area (Å²) in [5.41, 5.74) is 2.96. The first-order chi connectivity index (χ1) is 9.65. The van der Waals surface area contributed by atoms with Crippen LogP contribution < -0.4 is 10.6 Å². The first-order valence-electron chi connectivity index (χ1n) is 6.66. The van der Waals surface area contributed by atoms with Gasteiger partial charge in [0.15, 0.2) is 0 Å². The van der Waals surface area contributed by atoms with E-state index in [4.69, 9.17) is 0 Å². The average Bonchev–Trinajstić information content (AvgIpc) is 2.45. The SMILES string of the molecule is CC(=O)Nc1cccc([C@H](C)NCc2ccccn2)c1. The molecule has 0 saturated carbocycles. The van der Waals surface area contributed by atoms with Gasteiger partial charge >= 0.3 is 0 Å². The number of nitrogens with zero attached hydrogens (tertiary/aromatic N) is 1. The van der Waals surface area contributed by atoms with E-state index in [1.807, 2.05) is 42.5 Å². The summed E-state index contributed by atoms with van der Waals surface area (Å²) in [6.07, 6.45) is 1.79. The molecule has 4 nitrogen and oxygen atoms in total. The zero-order valence-corrected chi connectivity index (χ0v) is 11.8. The molecule has 0 aliphatic carbocycles. The summed E-state index contributed by atoms with van der Waals surface area (Å²) in [5.74, 6) is -0.0590. The van der Waals surface area contributed by atoms with Crippen LogP contribution in [0.2, 0.25) is 0 Å². The number of amides is 1. The van der Waals surface area contributed by atoms with Crippen molar-refractivity contribution in [1.82, 2.24) is 10.3 Å². The van der Waals surface area contributed by atoms with E-state index in [1.54, 1.807) is 6.20 Å². The van der Waals surface area contributed by atoms with Crippen LogP contribution in [-0.4, -0.2) is 10.9 Å². The number of anilines is 1. The molecule has 0 spiro atoms. The second-order valence-electron chi connectivity index (χ2n) is 4.73. The number of pyridine rings is 1. The molecule has 1 atom stereocenters. The quantitative estimate of drug-likeness (QED) is 0.877. The van der Waals surface area contributed by atoms with E-state index >= 15 is 0 Å². The first kappa shape index (κ1) is 14.2. The average molecular weight is 269 g/mol. The van der Waals surface area contributed by atoms with Gasteiger partial charge in [-0.15, -0.1) is 0 Å². The smallest absolute Gasteiger partial charge is 0.221 e. The van der Waals surface area contributed by atoms with Crippen LogP contribution in [0.3, 0.4) is 0 Å². The Hall–Kier alpha value is -2.20. The van der Waals surface area contributed by atoms with Gasteiger partial charge in [-0.25, -0.2) is 0 Å². The summed E-state index contributed by atoms with van der Waals surface area (Å²) in [5, 5.41) is 6.22. The summed E-state index contributed by atoms with van der Waals surface area (Å²) in [6.45, 7) is 4.32. The Bertz CT molecular complexity index is 569. The Morgan fingerprint density at radius 1 is 1.25 bits per heavy atom. The molecule has 104 valence electrons. The van der Waals surface area contributed by atoms with Gasteiger partial charge in [0, 0.05) is 31.4 Å². The number of carbonyl (C=O) groups excluding carboxylic acids is 1. The maximum absolute atomic E-state index is 11.1. The van der Waals surface area contributed by atoms with Gasteiger partial charge in [0.25, 0.3) is 0 Å². The molecule has 4 heteroatoms. The Kier molecular flexibility index (Phi) is 4.85. The van der Waals surface area contributed by atoms with Crippen molar-refractivity contribution >= 4 is 11.6 Å². The molecular formula is C16H19N3O. The Morgan fingerprint density at radius 2 is 2.10 bits per heavy atom. The third kappa shape index (κ3) is 4.17. The van der Waals surface area contributed by atoms with E-state index in [0.29, 0.717) is 6.54 Å². The van der Waals surface area contributed by atoms with Gasteiger partial charge in [-0.2, -0.15) is 0 Å². The highest BCUT2D eigenvalue weighted by Gasteiger charge is 2.06. The topological polar surface area (TPSA) is 54.0 Å². The van der Waals surface area contributed by atoms with Crippen molar-refractivity contribution in [3.63, 3.8) is 0 Å². The zero-order chi connectivity index (χ0) is 14.4. The Balaban J connectivity index is 1.98. The molecule has 0 aliphatic rings. The van der Waals surface area contributed by atoms with Crippen LogP contribution >= 0.6 is 0 Å². The molecule has 20 heavy (non-hydrogen) atoms. The molecule has 1 heterocycles. The molecule has 0 fully saturated rings. The molecule has 0 aliphatic heterocycles. The fourth-order valence-corrected chi connectivity index (χ4v) is 1.97. The van der Waals surface area contributed by atoms with Crippen LogP contribution in [0.15, 0.2) is 48.7 Å². The lowest BCUT2D eigenvalue weighted by atomic mass is 10.1. The number of nitrogens with one attached hydrogen (secondary N) is 2. The molecule has 2 N–H and O–H groups in total. The number of carbonyl (C=O) groups is 1. The number of rotatable bonds is 5. The largest absolute Gasteiger partial charge is 0.326 e. The number of benzene rings is 1. The second-order valence-corrected chi connectivity index (χ2v) is 4.73. The predicted molar refractivity (Wildman–Crippen MR) is 80.2 cm³/mol. The van der Waals surface area contributed by atoms with Crippen LogP contribution in [0.4, 0.5) is 5.69 Å². The summed E-state index contributed by atoms with van der Waals surface area (Å²) in [6, 6.07) is 13.9. The Labute approximate surface area is 119 Å². The molecule has 1 amide bonds. The second kappa shape index (κ2) is 6.82. The zero-order valence-electron chi connectivity index (χ0n) is 11.8. The molecular weight excluding hydrogens is 250 g/mol. The van der Waals surface area contributed by atoms with E-state index in [1.165, 1.54) is 6.92 Å². The molecule has 1 aromatic carbocycles. The van der Waals surface area contributed by atoms with Crippen LogP contribution in [-0.2, 0) is 11.3 Å². The van der Waals surface area contributed by atoms with Gasteiger partial charge in [0.05, 0.1) is 5.69 Å². The normalized spacial score (nSPS) is 11.9. The van der Waals surface area contributed by atoms with Gasteiger partial charge < -0.3 is 10.6 Å². The van der Waals surface area contributed by atoms with E-state index in [0.717, 1.165) is 16.9 Å². The number of hydrogen-bond donors (Lipinski definition) is 2. The lowest BCUT2D eigenvalue weighted by molar-refractivity contribution is -0.114. The third-order valence-corrected chi connectivity index (χ3v) is 3.02. The summed E-state index contributed by atoms with van der Waals surface area (Å²) in [4.78, 5) is 15.4. The minimum Gasteiger partial charge on any atom is -0.326 e. The molecule has 0 saturated heterocycles. The molecule has 0 unspecified atom stereocenters. The monoisotopic (exact) mass is 269 g/mol. The van der Waals surface area contributed by atoms with Crippen molar-refractivity contribution in [2.24, 2.45) is 0 Å². The van der Waals surface area contributed by atoms with Gasteiger partial charge in [-0.05, 0) is 36.8 Å². The van der Waals surface area contributed by atoms with E-state index in [9.17, 15) is 4.79 Å². The van der Waals surface area contributed by atoms with Crippen molar-refractivity contribution in [3.8, 4) is 0 Å². The van der Waals surface area contributed by atoms with Crippen molar-refractivity contribution < 1.29 is 4.79 Å². The summed E-state index contributed by atoms with van der Waals surface area (Å²) >= 11 is 0. The lowest BCUT2D eigenvalue weighted by Crippen LogP contribution is -2.19. The maximum atomic E-state index is 11.1. The third-order valence-electron chi connectivity index (χ3n) is 3.02. The summed E-state index contributed by atoms with van der Waals surface area (Å²) in [7, 11) is 0. The van der Waals surface area contributed by atoms with Crippen molar-refractivity contribution in [2.45, 2.75) is 26.4 Å². The van der Waals surface area contributed by atoms with Crippen molar-refractivity contribution in [3.05, 3.63) is 59.9 Å². The number of hydrogen-bond acceptors (Lipinski definition) is 3. The highest BCUT2D eigenvalue weighted by atomic mass is 16.1. The molecule has 2 rings (SSSR count). The fraction of sp³-hybridized carbons (Fsp3) is 0.250. The maximum Gasteiger partial charge on any atom is 0.221 e. The highest BCUT2D eigenvalue weighted by molar-refractivity contribution is 5.88. The van der Waals surface area contributed by atoms with Gasteiger partial charge in [0.2, 0.25) is 5.91 Å². The van der Waals surface area contributed by atoms with Gasteiger partial charge in [0.1, 0.15) is 0 Å². The van der Waals surface area contributed by atoms with Crippen LogP contribution in [0, 0.1) is 0 Å². The van der Waals surface area contributed by atoms with E-state index < -0.39 is 0 Å². The van der Waals surface area contributed by atoms with Crippen LogP contribution in [0.25, 0.3) is 0 Å². The van der Waals surface area contributed by atoms with Gasteiger partial charge in [-0.3, -0.25) is 9.78 Å². The van der Waals surface area contributed by atoms with Crippen molar-refractivity contribution in [1.29, 1.82) is 0 Å². The minimum atomic E-state index is -0.0590. The van der Waals surface area contributed by atoms with Crippen molar-refractivity contribution in [2.75, 3.05) is 5.32 Å². The minimum absolute atomic E-state index is 0.0590. The summed E-state index contributed by atoms with van der Waals surface area (Å²) < 4.78 is 0. The molecule has 0 bridgehead atoms. The fourth-order valence-electron chi connectivity index (χ4n) is 1.97.